The maximum atomic E-state index is 12.8. The maximum Gasteiger partial charge on any atom is 0.416 e. The fraction of sp³-hybridized carbons (Fsp3) is 0.538. The van der Waals surface area contributed by atoms with Crippen LogP contribution in [0.5, 0.6) is 0 Å². The highest BCUT2D eigenvalue weighted by molar-refractivity contribution is 9.10. The van der Waals surface area contributed by atoms with Crippen molar-refractivity contribution in [2.24, 2.45) is 5.92 Å². The van der Waals surface area contributed by atoms with Gasteiger partial charge in [-0.1, -0.05) is 15.9 Å². The lowest BCUT2D eigenvalue weighted by atomic mass is 10.1. The standard InChI is InChI=1S/C13H16BrF3N2/c1-18-7-9-2-3-19(8-9)12-5-10(13(15,16)17)4-11(14)6-12/h4-6,9,18H,2-3,7-8H2,1H3. The predicted octanol–water partition coefficient (Wildman–Crippen LogP) is 3.51. The molecule has 1 aromatic carbocycles. The monoisotopic (exact) mass is 336 g/mol. The number of halogens is 4. The van der Waals surface area contributed by atoms with Crippen molar-refractivity contribution in [3.63, 3.8) is 0 Å². The van der Waals surface area contributed by atoms with Gasteiger partial charge in [-0.2, -0.15) is 13.2 Å². The van der Waals surface area contributed by atoms with Crippen LogP contribution in [0.3, 0.4) is 0 Å². The van der Waals surface area contributed by atoms with Crippen LogP contribution in [-0.2, 0) is 6.18 Å². The highest BCUT2D eigenvalue weighted by Crippen LogP contribution is 2.35. The SMILES string of the molecule is CNCC1CCN(c2cc(Br)cc(C(F)(F)F)c2)C1. The minimum absolute atomic E-state index is 0.467. The van der Waals surface area contributed by atoms with Crippen LogP contribution in [0.1, 0.15) is 12.0 Å². The molecule has 106 valence electrons. The molecule has 1 N–H and O–H groups in total. The predicted molar refractivity (Wildman–Crippen MR) is 73.4 cm³/mol. The van der Waals surface area contributed by atoms with Crippen molar-refractivity contribution in [3.05, 3.63) is 28.2 Å². The molecule has 0 saturated carbocycles. The van der Waals surface area contributed by atoms with Crippen LogP contribution in [0, 0.1) is 5.92 Å². The van der Waals surface area contributed by atoms with Crippen molar-refractivity contribution in [2.75, 3.05) is 31.6 Å². The zero-order chi connectivity index (χ0) is 14.0. The minimum Gasteiger partial charge on any atom is -0.371 e. The second-order valence-corrected chi connectivity index (χ2v) is 5.77. The molecule has 1 saturated heterocycles. The second-order valence-electron chi connectivity index (χ2n) is 4.85. The number of nitrogens with zero attached hydrogens (tertiary/aromatic N) is 1. The molecule has 2 nitrogen and oxygen atoms in total. The Morgan fingerprint density at radius 2 is 2.11 bits per heavy atom. The number of rotatable bonds is 3. The van der Waals surface area contributed by atoms with Crippen LogP contribution in [0.4, 0.5) is 18.9 Å². The largest absolute Gasteiger partial charge is 0.416 e. The first-order valence-corrected chi connectivity index (χ1v) is 6.97. The molecule has 0 aliphatic carbocycles. The molecule has 0 aromatic heterocycles. The number of anilines is 1. The number of hydrogen-bond acceptors (Lipinski definition) is 2. The van der Waals surface area contributed by atoms with Gasteiger partial charge in [-0.15, -0.1) is 0 Å². The van der Waals surface area contributed by atoms with E-state index in [9.17, 15) is 13.2 Å². The first kappa shape index (κ1) is 14.7. The third-order valence-electron chi connectivity index (χ3n) is 3.35. The van der Waals surface area contributed by atoms with E-state index in [2.05, 4.69) is 21.2 Å². The van der Waals surface area contributed by atoms with Gasteiger partial charge in [0.15, 0.2) is 0 Å². The van der Waals surface area contributed by atoms with Crippen molar-refractivity contribution >= 4 is 21.6 Å². The summed E-state index contributed by atoms with van der Waals surface area (Å²) < 4.78 is 38.8. The molecule has 0 spiro atoms. The molecule has 1 aliphatic heterocycles. The summed E-state index contributed by atoms with van der Waals surface area (Å²) in [6.45, 7) is 2.51. The zero-order valence-corrected chi connectivity index (χ0v) is 12.2. The molecular weight excluding hydrogens is 321 g/mol. The van der Waals surface area contributed by atoms with Gasteiger partial charge in [-0.25, -0.2) is 0 Å². The summed E-state index contributed by atoms with van der Waals surface area (Å²) in [6.07, 6.45) is -3.29. The topological polar surface area (TPSA) is 15.3 Å². The lowest BCUT2D eigenvalue weighted by Crippen LogP contribution is -2.24. The third-order valence-corrected chi connectivity index (χ3v) is 3.81. The Morgan fingerprint density at radius 1 is 1.37 bits per heavy atom. The molecule has 2 rings (SSSR count). The fourth-order valence-electron chi connectivity index (χ4n) is 2.44. The Hall–Kier alpha value is -0.750. The summed E-state index contributed by atoms with van der Waals surface area (Å²) >= 11 is 3.16. The van der Waals surface area contributed by atoms with Crippen molar-refractivity contribution in [3.8, 4) is 0 Å². The maximum absolute atomic E-state index is 12.8. The van der Waals surface area contributed by atoms with Crippen molar-refractivity contribution in [2.45, 2.75) is 12.6 Å². The van der Waals surface area contributed by atoms with Crippen LogP contribution in [0.25, 0.3) is 0 Å². The molecule has 0 amide bonds. The third kappa shape index (κ3) is 3.63. The van der Waals surface area contributed by atoms with E-state index in [1.54, 1.807) is 6.07 Å². The van der Waals surface area contributed by atoms with Crippen LogP contribution in [0.15, 0.2) is 22.7 Å². The molecule has 19 heavy (non-hydrogen) atoms. The molecular formula is C13H16BrF3N2. The van der Waals surface area contributed by atoms with Gasteiger partial charge >= 0.3 is 6.18 Å². The molecule has 1 fully saturated rings. The van der Waals surface area contributed by atoms with Gasteiger partial charge in [0.05, 0.1) is 5.56 Å². The second kappa shape index (κ2) is 5.71. The minimum atomic E-state index is -4.30. The van der Waals surface area contributed by atoms with Gasteiger partial charge in [0.25, 0.3) is 0 Å². The van der Waals surface area contributed by atoms with Crippen LogP contribution < -0.4 is 10.2 Å². The van der Waals surface area contributed by atoms with E-state index in [0.29, 0.717) is 16.1 Å². The first-order valence-electron chi connectivity index (χ1n) is 6.17. The van der Waals surface area contributed by atoms with Gasteiger partial charge in [0, 0.05) is 23.2 Å². The van der Waals surface area contributed by atoms with Gasteiger partial charge in [0.2, 0.25) is 0 Å². The van der Waals surface area contributed by atoms with E-state index in [1.165, 1.54) is 6.07 Å². The number of hydrogen-bond donors (Lipinski definition) is 1. The Kier molecular flexibility index (Phi) is 4.40. The van der Waals surface area contributed by atoms with E-state index < -0.39 is 11.7 Å². The van der Waals surface area contributed by atoms with Crippen molar-refractivity contribution in [1.29, 1.82) is 0 Å². The number of benzene rings is 1. The van der Waals surface area contributed by atoms with Crippen molar-refractivity contribution in [1.82, 2.24) is 5.32 Å². The van der Waals surface area contributed by atoms with Crippen molar-refractivity contribution < 1.29 is 13.2 Å². The molecule has 1 unspecified atom stereocenters. The summed E-state index contributed by atoms with van der Waals surface area (Å²) in [4.78, 5) is 2.02. The first-order chi connectivity index (χ1) is 8.90. The summed E-state index contributed by atoms with van der Waals surface area (Å²) in [5.74, 6) is 0.498. The van der Waals surface area contributed by atoms with E-state index in [1.807, 2.05) is 11.9 Å². The molecule has 1 atom stereocenters. The Labute approximate surface area is 119 Å². The van der Waals surface area contributed by atoms with Gasteiger partial charge < -0.3 is 10.2 Å². The highest BCUT2D eigenvalue weighted by atomic mass is 79.9. The fourth-order valence-corrected chi connectivity index (χ4v) is 2.92. The Morgan fingerprint density at radius 3 is 2.74 bits per heavy atom. The normalized spacial score (nSPS) is 20.1. The Bertz CT molecular complexity index is 448. The lowest BCUT2D eigenvalue weighted by molar-refractivity contribution is -0.137. The van der Waals surface area contributed by atoms with Crippen LogP contribution in [0.2, 0.25) is 0 Å². The smallest absolute Gasteiger partial charge is 0.371 e. The van der Waals surface area contributed by atoms with Gasteiger partial charge in [-0.3, -0.25) is 0 Å². The average molecular weight is 337 g/mol. The summed E-state index contributed by atoms with van der Waals surface area (Å²) in [6, 6.07) is 4.09. The summed E-state index contributed by atoms with van der Waals surface area (Å²) in [7, 11) is 1.89. The van der Waals surface area contributed by atoms with Crippen LogP contribution >= 0.6 is 15.9 Å². The van der Waals surface area contributed by atoms with E-state index in [0.717, 1.165) is 32.1 Å². The lowest BCUT2D eigenvalue weighted by Gasteiger charge is -2.20. The molecule has 1 heterocycles. The van der Waals surface area contributed by atoms with E-state index in [4.69, 9.17) is 0 Å². The average Bonchev–Trinajstić information content (AvgIpc) is 2.76. The molecule has 0 radical (unpaired) electrons. The van der Waals surface area contributed by atoms with E-state index >= 15 is 0 Å². The van der Waals surface area contributed by atoms with Gasteiger partial charge in [0.1, 0.15) is 0 Å². The molecule has 1 aliphatic rings. The van der Waals surface area contributed by atoms with Crippen LogP contribution in [-0.4, -0.2) is 26.7 Å². The summed E-state index contributed by atoms with van der Waals surface area (Å²) in [5.41, 5.74) is 0.0363. The van der Waals surface area contributed by atoms with Gasteiger partial charge in [-0.05, 0) is 44.1 Å². The summed E-state index contributed by atoms with van der Waals surface area (Å²) in [5, 5.41) is 3.11. The van der Waals surface area contributed by atoms with E-state index in [-0.39, 0.29) is 0 Å². The quantitative estimate of drug-likeness (QED) is 0.908. The highest BCUT2D eigenvalue weighted by Gasteiger charge is 2.32. The number of nitrogens with one attached hydrogen (secondary N) is 1. The molecule has 0 bridgehead atoms. The molecule has 1 aromatic rings. The molecule has 6 heteroatoms. The zero-order valence-electron chi connectivity index (χ0n) is 10.6. The number of alkyl halides is 3. The Balaban J connectivity index is 2.19.